The summed E-state index contributed by atoms with van der Waals surface area (Å²) in [6.45, 7) is 4.92. The van der Waals surface area contributed by atoms with Gasteiger partial charge in [0.05, 0.1) is 5.69 Å². The van der Waals surface area contributed by atoms with Gasteiger partial charge in [-0.3, -0.25) is 4.79 Å². The first kappa shape index (κ1) is 15.8. The highest BCUT2D eigenvalue weighted by Crippen LogP contribution is 2.34. The Labute approximate surface area is 127 Å². The first-order chi connectivity index (χ1) is 9.65. The van der Waals surface area contributed by atoms with Gasteiger partial charge in [-0.2, -0.15) is 8.42 Å². The Balaban J connectivity index is 2.40. The van der Waals surface area contributed by atoms with Crippen molar-refractivity contribution in [2.45, 2.75) is 36.8 Å². The number of fused-ring (bicyclic) bond motifs is 1. The monoisotopic (exact) mass is 328 g/mol. The van der Waals surface area contributed by atoms with Gasteiger partial charge in [0.1, 0.15) is 9.64 Å². The van der Waals surface area contributed by atoms with E-state index in [2.05, 4.69) is 9.71 Å². The predicted molar refractivity (Wildman–Crippen MR) is 83.4 cm³/mol. The number of carboxylic acids is 1. The number of rotatable bonds is 3. The molecule has 114 valence electrons. The Morgan fingerprint density at radius 1 is 1.43 bits per heavy atom. The van der Waals surface area contributed by atoms with Crippen LogP contribution in [0.15, 0.2) is 27.5 Å². The van der Waals surface area contributed by atoms with E-state index in [0.29, 0.717) is 5.69 Å². The molecule has 8 heteroatoms. The molecule has 0 aliphatic carbocycles. The molecule has 6 nitrogen and oxygen atoms in total. The SMILES string of the molecule is CCc1ccc2c(c1)S(=O)(=O)N=C(SC(C)(C)C(=O)O)N2. The van der Waals surface area contributed by atoms with Crippen molar-refractivity contribution in [1.82, 2.24) is 0 Å². The molecule has 0 atom stereocenters. The first-order valence-corrected chi connectivity index (χ1v) is 8.58. The van der Waals surface area contributed by atoms with E-state index in [1.807, 2.05) is 13.0 Å². The number of sulfonamides is 1. The molecule has 0 saturated heterocycles. The molecule has 1 aliphatic rings. The Morgan fingerprint density at radius 2 is 2.10 bits per heavy atom. The summed E-state index contributed by atoms with van der Waals surface area (Å²) in [6.07, 6.45) is 0.722. The van der Waals surface area contributed by atoms with Gasteiger partial charge in [-0.1, -0.05) is 24.8 Å². The molecule has 2 rings (SSSR count). The lowest BCUT2D eigenvalue weighted by Gasteiger charge is -2.23. The Kier molecular flexibility index (Phi) is 4.03. The number of amidine groups is 1. The fourth-order valence-electron chi connectivity index (χ4n) is 1.73. The number of carbonyl (C=O) groups is 1. The van der Waals surface area contributed by atoms with Crippen molar-refractivity contribution in [2.75, 3.05) is 5.32 Å². The highest BCUT2D eigenvalue weighted by atomic mass is 32.2. The maximum absolute atomic E-state index is 12.2. The van der Waals surface area contributed by atoms with E-state index in [-0.39, 0.29) is 10.1 Å². The average Bonchev–Trinajstić information content (AvgIpc) is 2.37. The molecular weight excluding hydrogens is 312 g/mol. The first-order valence-electron chi connectivity index (χ1n) is 6.33. The second-order valence-corrected chi connectivity index (χ2v) is 8.28. The van der Waals surface area contributed by atoms with Gasteiger partial charge in [-0.25, -0.2) is 0 Å². The molecular formula is C13H16N2O4S2. The van der Waals surface area contributed by atoms with Gasteiger partial charge in [-0.15, -0.1) is 4.40 Å². The lowest BCUT2D eigenvalue weighted by Crippen LogP contribution is -2.32. The minimum atomic E-state index is -3.81. The van der Waals surface area contributed by atoms with Crippen molar-refractivity contribution in [3.05, 3.63) is 23.8 Å². The topological polar surface area (TPSA) is 95.8 Å². The third kappa shape index (κ3) is 3.21. The Morgan fingerprint density at radius 3 is 2.67 bits per heavy atom. The number of nitrogens with zero attached hydrogens (tertiary/aromatic N) is 1. The van der Waals surface area contributed by atoms with E-state index in [4.69, 9.17) is 5.11 Å². The van der Waals surface area contributed by atoms with Crippen LogP contribution in [-0.4, -0.2) is 29.4 Å². The van der Waals surface area contributed by atoms with Crippen molar-refractivity contribution in [3.63, 3.8) is 0 Å². The quantitative estimate of drug-likeness (QED) is 0.884. The summed E-state index contributed by atoms with van der Waals surface area (Å²) in [7, 11) is -3.81. The van der Waals surface area contributed by atoms with Crippen LogP contribution in [-0.2, 0) is 21.2 Å². The second-order valence-electron chi connectivity index (χ2n) is 5.10. The average molecular weight is 328 g/mol. The summed E-state index contributed by atoms with van der Waals surface area (Å²) >= 11 is 0.867. The normalized spacial score (nSPS) is 16.6. The van der Waals surface area contributed by atoms with Crippen molar-refractivity contribution in [2.24, 2.45) is 4.40 Å². The van der Waals surface area contributed by atoms with Crippen LogP contribution in [0.4, 0.5) is 5.69 Å². The number of hydrogen-bond acceptors (Lipinski definition) is 5. The molecule has 0 fully saturated rings. The van der Waals surface area contributed by atoms with Crippen LogP contribution in [0.25, 0.3) is 0 Å². The maximum atomic E-state index is 12.2. The second kappa shape index (κ2) is 5.34. The van der Waals surface area contributed by atoms with Crippen LogP contribution in [0, 0.1) is 0 Å². The molecule has 0 bridgehead atoms. The molecule has 1 aliphatic heterocycles. The van der Waals surface area contributed by atoms with E-state index in [9.17, 15) is 13.2 Å². The lowest BCUT2D eigenvalue weighted by atomic mass is 10.1. The number of hydrogen-bond donors (Lipinski definition) is 2. The number of nitrogens with one attached hydrogen (secondary N) is 1. The highest BCUT2D eigenvalue weighted by molar-refractivity contribution is 8.16. The highest BCUT2D eigenvalue weighted by Gasteiger charge is 2.34. The molecule has 0 amide bonds. The van der Waals surface area contributed by atoms with E-state index < -0.39 is 20.7 Å². The molecule has 0 aromatic heterocycles. The third-order valence-electron chi connectivity index (χ3n) is 3.04. The summed E-state index contributed by atoms with van der Waals surface area (Å²) in [5, 5.41) is 12.1. The van der Waals surface area contributed by atoms with E-state index in [1.165, 1.54) is 13.8 Å². The predicted octanol–water partition coefficient (Wildman–Crippen LogP) is 2.32. The van der Waals surface area contributed by atoms with Gasteiger partial charge in [0, 0.05) is 0 Å². The Hall–Kier alpha value is -1.54. The zero-order valence-corrected chi connectivity index (χ0v) is 13.5. The summed E-state index contributed by atoms with van der Waals surface area (Å²) in [6, 6.07) is 5.09. The van der Waals surface area contributed by atoms with Crippen molar-refractivity contribution in [3.8, 4) is 0 Å². The standard InChI is InChI=1S/C13H16N2O4S2/c1-4-8-5-6-9-10(7-8)21(18,19)15-12(14-9)20-13(2,3)11(16)17/h5-7H,4H2,1-3H3,(H,14,15)(H,16,17). The van der Waals surface area contributed by atoms with Gasteiger partial charge in [0.2, 0.25) is 0 Å². The zero-order chi connectivity index (χ0) is 15.8. The van der Waals surface area contributed by atoms with Gasteiger partial charge >= 0.3 is 5.97 Å². The molecule has 0 unspecified atom stereocenters. The fraction of sp³-hybridized carbons (Fsp3) is 0.385. The van der Waals surface area contributed by atoms with Gasteiger partial charge in [0.25, 0.3) is 10.0 Å². The molecule has 21 heavy (non-hydrogen) atoms. The van der Waals surface area contributed by atoms with E-state index in [1.54, 1.807) is 12.1 Å². The number of benzene rings is 1. The van der Waals surface area contributed by atoms with Crippen molar-refractivity contribution in [1.29, 1.82) is 0 Å². The van der Waals surface area contributed by atoms with Crippen LogP contribution in [0.5, 0.6) is 0 Å². The number of carboxylic acid groups (broad SMARTS) is 1. The van der Waals surface area contributed by atoms with Gasteiger partial charge in [0.15, 0.2) is 5.17 Å². The summed E-state index contributed by atoms with van der Waals surface area (Å²) < 4.78 is 26.9. The number of aliphatic carboxylic acids is 1. The van der Waals surface area contributed by atoms with E-state index >= 15 is 0 Å². The van der Waals surface area contributed by atoms with Crippen LogP contribution >= 0.6 is 11.8 Å². The van der Waals surface area contributed by atoms with Crippen LogP contribution in [0.3, 0.4) is 0 Å². The third-order valence-corrected chi connectivity index (χ3v) is 5.55. The Bertz CT molecular complexity index is 724. The molecule has 1 heterocycles. The molecule has 1 aromatic rings. The minimum absolute atomic E-state index is 0.0687. The van der Waals surface area contributed by atoms with Crippen LogP contribution < -0.4 is 5.32 Å². The number of anilines is 1. The van der Waals surface area contributed by atoms with Crippen LogP contribution in [0.1, 0.15) is 26.3 Å². The number of aryl methyl sites for hydroxylation is 1. The zero-order valence-electron chi connectivity index (χ0n) is 11.9. The van der Waals surface area contributed by atoms with Crippen molar-refractivity contribution >= 4 is 38.6 Å². The number of thioether (sulfide) groups is 1. The van der Waals surface area contributed by atoms with Gasteiger partial charge in [-0.05, 0) is 38.0 Å². The van der Waals surface area contributed by atoms with Crippen LogP contribution in [0.2, 0.25) is 0 Å². The molecule has 0 spiro atoms. The largest absolute Gasteiger partial charge is 0.480 e. The smallest absolute Gasteiger partial charge is 0.319 e. The fourth-order valence-corrected chi connectivity index (χ4v) is 3.96. The summed E-state index contributed by atoms with van der Waals surface area (Å²) in [5.41, 5.74) is 1.32. The summed E-state index contributed by atoms with van der Waals surface area (Å²) in [5.74, 6) is -1.04. The summed E-state index contributed by atoms with van der Waals surface area (Å²) in [4.78, 5) is 11.3. The minimum Gasteiger partial charge on any atom is -0.480 e. The molecule has 1 aromatic carbocycles. The lowest BCUT2D eigenvalue weighted by molar-refractivity contribution is -0.138. The molecule has 0 saturated carbocycles. The van der Waals surface area contributed by atoms with Crippen molar-refractivity contribution < 1.29 is 18.3 Å². The molecule has 2 N–H and O–H groups in total. The maximum Gasteiger partial charge on any atom is 0.319 e. The molecule has 0 radical (unpaired) electrons. The van der Waals surface area contributed by atoms with E-state index in [0.717, 1.165) is 23.7 Å². The van der Waals surface area contributed by atoms with Gasteiger partial charge < -0.3 is 10.4 Å².